The zero-order valence-corrected chi connectivity index (χ0v) is 8.33. The molecule has 0 aliphatic rings. The summed E-state index contributed by atoms with van der Waals surface area (Å²) >= 11 is 0. The third-order valence-electron chi connectivity index (χ3n) is 2.08. The number of nitrogens with two attached hydrogens (primary N) is 1. The highest BCUT2D eigenvalue weighted by atomic mass is 14.9. The number of nitrogens with one attached hydrogen (secondary N) is 1. The van der Waals surface area contributed by atoms with Crippen LogP contribution in [0.25, 0.3) is 11.4 Å². The van der Waals surface area contributed by atoms with Crippen LogP contribution in [0.2, 0.25) is 0 Å². The molecule has 1 aromatic heterocycles. The van der Waals surface area contributed by atoms with Crippen LogP contribution in [0.15, 0.2) is 24.4 Å². The minimum Gasteiger partial charge on any atom is -0.399 e. The van der Waals surface area contributed by atoms with Gasteiger partial charge in [0.2, 0.25) is 0 Å². The van der Waals surface area contributed by atoms with E-state index < -0.39 is 0 Å². The SMILES string of the molecule is Cc1cc(N)cc(-c2ncc(C)[nH]2)c1. The van der Waals surface area contributed by atoms with E-state index in [9.17, 15) is 0 Å². The number of aryl methyl sites for hydroxylation is 2. The van der Waals surface area contributed by atoms with E-state index in [1.54, 1.807) is 0 Å². The van der Waals surface area contributed by atoms with Gasteiger partial charge in [-0.1, -0.05) is 0 Å². The Morgan fingerprint density at radius 1 is 1.21 bits per heavy atom. The highest BCUT2D eigenvalue weighted by molar-refractivity contribution is 5.62. The monoisotopic (exact) mass is 187 g/mol. The molecule has 3 N–H and O–H groups in total. The van der Waals surface area contributed by atoms with Crippen LogP contribution in [0.3, 0.4) is 0 Å². The highest BCUT2D eigenvalue weighted by Gasteiger charge is 2.02. The van der Waals surface area contributed by atoms with Gasteiger partial charge in [-0.2, -0.15) is 0 Å². The van der Waals surface area contributed by atoms with Gasteiger partial charge >= 0.3 is 0 Å². The van der Waals surface area contributed by atoms with Gasteiger partial charge in [-0.3, -0.25) is 0 Å². The predicted octanol–water partition coefficient (Wildman–Crippen LogP) is 2.28. The van der Waals surface area contributed by atoms with E-state index in [0.717, 1.165) is 28.3 Å². The summed E-state index contributed by atoms with van der Waals surface area (Å²) in [6, 6.07) is 5.93. The maximum atomic E-state index is 5.76. The van der Waals surface area contributed by atoms with Crippen LogP contribution < -0.4 is 5.73 Å². The fourth-order valence-electron chi connectivity index (χ4n) is 1.51. The van der Waals surface area contributed by atoms with Crippen molar-refractivity contribution in [3.63, 3.8) is 0 Å². The first kappa shape index (κ1) is 8.81. The van der Waals surface area contributed by atoms with Crippen LogP contribution in [0.1, 0.15) is 11.3 Å². The number of imidazole rings is 1. The zero-order valence-electron chi connectivity index (χ0n) is 8.33. The van der Waals surface area contributed by atoms with E-state index in [-0.39, 0.29) is 0 Å². The molecule has 0 aliphatic carbocycles. The maximum absolute atomic E-state index is 5.76. The van der Waals surface area contributed by atoms with Gasteiger partial charge in [0.25, 0.3) is 0 Å². The lowest BCUT2D eigenvalue weighted by molar-refractivity contribution is 1.25. The van der Waals surface area contributed by atoms with Crippen LogP contribution >= 0.6 is 0 Å². The van der Waals surface area contributed by atoms with Crippen molar-refractivity contribution in [3.8, 4) is 11.4 Å². The van der Waals surface area contributed by atoms with Crippen molar-refractivity contribution in [2.75, 3.05) is 5.73 Å². The molecule has 0 bridgehead atoms. The number of aromatic nitrogens is 2. The Morgan fingerprint density at radius 3 is 2.57 bits per heavy atom. The van der Waals surface area contributed by atoms with Crippen molar-refractivity contribution in [2.45, 2.75) is 13.8 Å². The molecular weight excluding hydrogens is 174 g/mol. The molecule has 0 atom stereocenters. The molecule has 3 nitrogen and oxygen atoms in total. The Balaban J connectivity index is 2.51. The Morgan fingerprint density at radius 2 is 2.00 bits per heavy atom. The third kappa shape index (κ3) is 1.62. The number of nitrogen functional groups attached to an aromatic ring is 1. The molecule has 0 spiro atoms. The second kappa shape index (κ2) is 3.18. The molecule has 0 saturated heterocycles. The zero-order chi connectivity index (χ0) is 10.1. The van der Waals surface area contributed by atoms with E-state index in [2.05, 4.69) is 16.0 Å². The molecule has 2 aromatic rings. The van der Waals surface area contributed by atoms with Crippen molar-refractivity contribution in [2.24, 2.45) is 0 Å². The predicted molar refractivity (Wildman–Crippen MR) is 57.9 cm³/mol. The number of H-pyrrole nitrogens is 1. The van der Waals surface area contributed by atoms with Crippen LogP contribution in [0.5, 0.6) is 0 Å². The Kier molecular flexibility index (Phi) is 2.00. The molecule has 1 aromatic carbocycles. The number of hydrogen-bond donors (Lipinski definition) is 2. The van der Waals surface area contributed by atoms with Gasteiger partial charge in [0.05, 0.1) is 0 Å². The standard InChI is InChI=1S/C11H13N3/c1-7-3-9(5-10(12)4-7)11-13-6-8(2)14-11/h3-6H,12H2,1-2H3,(H,13,14). The minimum absolute atomic E-state index is 0.772. The maximum Gasteiger partial charge on any atom is 0.137 e. The lowest BCUT2D eigenvalue weighted by Crippen LogP contribution is -1.89. The van der Waals surface area contributed by atoms with Crippen molar-refractivity contribution in [3.05, 3.63) is 35.7 Å². The lowest BCUT2D eigenvalue weighted by atomic mass is 10.1. The van der Waals surface area contributed by atoms with Crippen molar-refractivity contribution in [1.82, 2.24) is 9.97 Å². The van der Waals surface area contributed by atoms with E-state index in [1.807, 2.05) is 32.2 Å². The summed E-state index contributed by atoms with van der Waals surface area (Å²) in [4.78, 5) is 7.44. The second-order valence-corrected chi connectivity index (χ2v) is 3.55. The first-order valence-electron chi connectivity index (χ1n) is 4.54. The molecule has 0 aliphatic heterocycles. The smallest absolute Gasteiger partial charge is 0.137 e. The number of nitrogens with zero attached hydrogens (tertiary/aromatic N) is 1. The van der Waals surface area contributed by atoms with Crippen LogP contribution in [-0.4, -0.2) is 9.97 Å². The third-order valence-corrected chi connectivity index (χ3v) is 2.08. The van der Waals surface area contributed by atoms with Crippen molar-refractivity contribution >= 4 is 5.69 Å². The number of rotatable bonds is 1. The van der Waals surface area contributed by atoms with Gasteiger partial charge in [-0.05, 0) is 37.6 Å². The van der Waals surface area contributed by atoms with Gasteiger partial charge in [0, 0.05) is 23.1 Å². The Hall–Kier alpha value is -1.77. The molecular formula is C11H13N3. The van der Waals surface area contributed by atoms with Crippen LogP contribution in [-0.2, 0) is 0 Å². The fourth-order valence-corrected chi connectivity index (χ4v) is 1.51. The van der Waals surface area contributed by atoms with E-state index in [1.165, 1.54) is 0 Å². The molecule has 2 rings (SSSR count). The summed E-state index contributed by atoms with van der Waals surface area (Å²) in [5, 5.41) is 0. The number of aromatic amines is 1. The van der Waals surface area contributed by atoms with Crippen molar-refractivity contribution in [1.29, 1.82) is 0 Å². The minimum atomic E-state index is 0.772. The molecule has 0 radical (unpaired) electrons. The Bertz CT molecular complexity index is 437. The van der Waals surface area contributed by atoms with Gasteiger partial charge < -0.3 is 10.7 Å². The molecule has 0 fully saturated rings. The molecule has 1 heterocycles. The summed E-state index contributed by atoms with van der Waals surface area (Å²) in [6.45, 7) is 4.01. The molecule has 0 unspecified atom stereocenters. The Labute approximate surface area is 83.0 Å². The summed E-state index contributed by atoms with van der Waals surface area (Å²) in [7, 11) is 0. The first-order valence-corrected chi connectivity index (χ1v) is 4.54. The van der Waals surface area contributed by atoms with Gasteiger partial charge in [0.1, 0.15) is 5.82 Å². The largest absolute Gasteiger partial charge is 0.399 e. The summed E-state index contributed by atoms with van der Waals surface area (Å²) in [5.41, 5.74) is 9.77. The second-order valence-electron chi connectivity index (χ2n) is 3.55. The molecule has 3 heteroatoms. The normalized spacial score (nSPS) is 10.4. The molecule has 0 amide bonds. The molecule has 0 saturated carbocycles. The first-order chi connectivity index (χ1) is 6.65. The topological polar surface area (TPSA) is 54.7 Å². The van der Waals surface area contributed by atoms with E-state index in [4.69, 9.17) is 5.73 Å². The van der Waals surface area contributed by atoms with Gasteiger partial charge in [-0.25, -0.2) is 4.98 Å². The molecule has 72 valence electrons. The quantitative estimate of drug-likeness (QED) is 0.673. The number of benzene rings is 1. The van der Waals surface area contributed by atoms with E-state index >= 15 is 0 Å². The average Bonchev–Trinajstić information content (AvgIpc) is 2.50. The van der Waals surface area contributed by atoms with E-state index in [0.29, 0.717) is 0 Å². The lowest BCUT2D eigenvalue weighted by Gasteiger charge is -2.01. The summed E-state index contributed by atoms with van der Waals surface area (Å²) in [5.74, 6) is 0.873. The van der Waals surface area contributed by atoms with Crippen LogP contribution in [0, 0.1) is 13.8 Å². The summed E-state index contributed by atoms with van der Waals surface area (Å²) < 4.78 is 0. The summed E-state index contributed by atoms with van der Waals surface area (Å²) in [6.07, 6.45) is 1.81. The average molecular weight is 187 g/mol. The van der Waals surface area contributed by atoms with Gasteiger partial charge in [0.15, 0.2) is 0 Å². The molecule has 14 heavy (non-hydrogen) atoms. The van der Waals surface area contributed by atoms with Gasteiger partial charge in [-0.15, -0.1) is 0 Å². The van der Waals surface area contributed by atoms with Crippen LogP contribution in [0.4, 0.5) is 5.69 Å². The highest BCUT2D eigenvalue weighted by Crippen LogP contribution is 2.20. The van der Waals surface area contributed by atoms with Crippen molar-refractivity contribution < 1.29 is 0 Å². The number of hydrogen-bond acceptors (Lipinski definition) is 2. The number of anilines is 1. The fraction of sp³-hybridized carbons (Fsp3) is 0.182.